The van der Waals surface area contributed by atoms with Gasteiger partial charge in [0.1, 0.15) is 5.82 Å². The van der Waals surface area contributed by atoms with Crippen molar-refractivity contribution < 1.29 is 4.39 Å². The Hall–Kier alpha value is -1.38. The zero-order valence-electron chi connectivity index (χ0n) is 11.7. The summed E-state index contributed by atoms with van der Waals surface area (Å²) in [5.41, 5.74) is 7.06. The van der Waals surface area contributed by atoms with Gasteiger partial charge in [-0.15, -0.1) is 11.3 Å². The fraction of sp³-hybridized carbons (Fsp3) is 0.250. The minimum Gasteiger partial charge on any atom is -0.320 e. The number of hydrogen-bond donors (Lipinski definition) is 1. The van der Waals surface area contributed by atoms with Gasteiger partial charge in [-0.1, -0.05) is 29.5 Å². The van der Waals surface area contributed by atoms with E-state index in [2.05, 4.69) is 16.7 Å². The van der Waals surface area contributed by atoms with Crippen molar-refractivity contribution >= 4 is 22.9 Å². The maximum absolute atomic E-state index is 13.3. The SMILES string of the molecule is CN(Cc1ccc(Cl)s1)Cc1ccc(F)cc1C#CCN. The maximum atomic E-state index is 13.3. The summed E-state index contributed by atoms with van der Waals surface area (Å²) in [6.07, 6.45) is 0. The van der Waals surface area contributed by atoms with Crippen LogP contribution in [0.1, 0.15) is 16.0 Å². The molecule has 2 N–H and O–H groups in total. The van der Waals surface area contributed by atoms with Gasteiger partial charge in [0.25, 0.3) is 0 Å². The molecule has 21 heavy (non-hydrogen) atoms. The lowest BCUT2D eigenvalue weighted by molar-refractivity contribution is 0.321. The summed E-state index contributed by atoms with van der Waals surface area (Å²) in [6, 6.07) is 8.59. The van der Waals surface area contributed by atoms with Gasteiger partial charge in [0.2, 0.25) is 0 Å². The Balaban J connectivity index is 2.11. The van der Waals surface area contributed by atoms with Crippen LogP contribution in [-0.2, 0) is 13.1 Å². The van der Waals surface area contributed by atoms with Crippen molar-refractivity contribution in [3.8, 4) is 11.8 Å². The van der Waals surface area contributed by atoms with Crippen molar-refractivity contribution in [2.45, 2.75) is 13.1 Å². The Labute approximate surface area is 133 Å². The van der Waals surface area contributed by atoms with Gasteiger partial charge < -0.3 is 5.73 Å². The molecule has 0 radical (unpaired) electrons. The molecule has 0 fully saturated rings. The van der Waals surface area contributed by atoms with Crippen LogP contribution in [-0.4, -0.2) is 18.5 Å². The highest BCUT2D eigenvalue weighted by molar-refractivity contribution is 7.16. The monoisotopic (exact) mass is 322 g/mol. The van der Waals surface area contributed by atoms with Crippen LogP contribution < -0.4 is 5.73 Å². The van der Waals surface area contributed by atoms with Gasteiger partial charge in [0.15, 0.2) is 0 Å². The highest BCUT2D eigenvalue weighted by atomic mass is 35.5. The third-order valence-corrected chi connectivity index (χ3v) is 4.11. The lowest BCUT2D eigenvalue weighted by Gasteiger charge is -2.16. The summed E-state index contributed by atoms with van der Waals surface area (Å²) in [5, 5.41) is 0. The van der Waals surface area contributed by atoms with E-state index >= 15 is 0 Å². The summed E-state index contributed by atoms with van der Waals surface area (Å²) in [7, 11) is 2.01. The topological polar surface area (TPSA) is 29.3 Å². The van der Waals surface area contributed by atoms with Crippen molar-refractivity contribution in [2.75, 3.05) is 13.6 Å². The van der Waals surface area contributed by atoms with Gasteiger partial charge >= 0.3 is 0 Å². The number of halogens is 2. The van der Waals surface area contributed by atoms with Crippen LogP contribution in [0.25, 0.3) is 0 Å². The van der Waals surface area contributed by atoms with Crippen LogP contribution in [0.15, 0.2) is 30.3 Å². The molecule has 2 rings (SSSR count). The average Bonchev–Trinajstić information content (AvgIpc) is 2.84. The summed E-state index contributed by atoms with van der Waals surface area (Å²) in [6.45, 7) is 1.74. The Morgan fingerprint density at radius 2 is 2.10 bits per heavy atom. The van der Waals surface area contributed by atoms with Crippen LogP contribution in [0, 0.1) is 17.7 Å². The summed E-state index contributed by atoms with van der Waals surface area (Å²) >= 11 is 7.50. The van der Waals surface area contributed by atoms with Crippen LogP contribution in [0.5, 0.6) is 0 Å². The van der Waals surface area contributed by atoms with Gasteiger partial charge in [-0.05, 0) is 36.9 Å². The van der Waals surface area contributed by atoms with E-state index in [1.807, 2.05) is 19.2 Å². The Bertz CT molecular complexity index is 672. The predicted octanol–water partition coefficient (Wildman–Crippen LogP) is 3.48. The molecule has 0 aliphatic rings. The minimum absolute atomic E-state index is 0.263. The highest BCUT2D eigenvalue weighted by Crippen LogP contribution is 2.23. The molecular formula is C16H16ClFN2S. The summed E-state index contributed by atoms with van der Waals surface area (Å²) in [4.78, 5) is 3.34. The molecule has 5 heteroatoms. The van der Waals surface area contributed by atoms with Crippen LogP contribution >= 0.6 is 22.9 Å². The molecular weight excluding hydrogens is 307 g/mol. The standard InChI is InChI=1S/C16H16ClFN2S/c1-20(11-15-6-7-16(17)21-15)10-13-4-5-14(18)9-12(13)3-2-8-19/h4-7,9H,8,10-11,19H2,1H3. The number of thiophene rings is 1. The van der Waals surface area contributed by atoms with E-state index < -0.39 is 0 Å². The fourth-order valence-corrected chi connectivity index (χ4v) is 3.17. The molecule has 0 aliphatic carbocycles. The lowest BCUT2D eigenvalue weighted by atomic mass is 10.1. The minimum atomic E-state index is -0.284. The third-order valence-electron chi connectivity index (χ3n) is 2.89. The molecule has 0 spiro atoms. The van der Waals surface area contributed by atoms with Crippen LogP contribution in [0.3, 0.4) is 0 Å². The maximum Gasteiger partial charge on any atom is 0.124 e. The quantitative estimate of drug-likeness (QED) is 0.873. The van der Waals surface area contributed by atoms with Crippen molar-refractivity contribution in [3.05, 3.63) is 56.5 Å². The second-order valence-corrected chi connectivity index (χ2v) is 6.49. The first-order valence-corrected chi connectivity index (χ1v) is 7.68. The first-order valence-electron chi connectivity index (χ1n) is 6.48. The molecule has 0 atom stereocenters. The van der Waals surface area contributed by atoms with Gasteiger partial charge in [-0.2, -0.15) is 0 Å². The second-order valence-electron chi connectivity index (χ2n) is 4.69. The Kier molecular flexibility index (Phi) is 5.77. The number of rotatable bonds is 4. The predicted molar refractivity (Wildman–Crippen MR) is 86.8 cm³/mol. The molecule has 1 heterocycles. The number of benzene rings is 1. The highest BCUT2D eigenvalue weighted by Gasteiger charge is 2.08. The molecule has 0 bridgehead atoms. The van der Waals surface area contributed by atoms with Crippen LogP contribution in [0.2, 0.25) is 4.34 Å². The van der Waals surface area contributed by atoms with Gasteiger partial charge in [0.05, 0.1) is 10.9 Å². The molecule has 0 amide bonds. The normalized spacial score (nSPS) is 10.5. The average molecular weight is 323 g/mol. The van der Waals surface area contributed by atoms with Gasteiger partial charge in [0, 0.05) is 23.5 Å². The first-order chi connectivity index (χ1) is 10.1. The second kappa shape index (κ2) is 7.58. The van der Waals surface area contributed by atoms with Crippen molar-refractivity contribution in [1.82, 2.24) is 4.90 Å². The van der Waals surface area contributed by atoms with E-state index in [0.29, 0.717) is 12.1 Å². The zero-order chi connectivity index (χ0) is 15.2. The van der Waals surface area contributed by atoms with Crippen molar-refractivity contribution in [3.63, 3.8) is 0 Å². The summed E-state index contributed by atoms with van der Waals surface area (Å²) < 4.78 is 14.1. The van der Waals surface area contributed by atoms with E-state index in [4.69, 9.17) is 17.3 Å². The zero-order valence-corrected chi connectivity index (χ0v) is 13.3. The Morgan fingerprint density at radius 3 is 2.76 bits per heavy atom. The molecule has 0 saturated carbocycles. The van der Waals surface area contributed by atoms with Crippen molar-refractivity contribution in [1.29, 1.82) is 0 Å². The first kappa shape index (κ1) is 16.0. The smallest absolute Gasteiger partial charge is 0.124 e. The Morgan fingerprint density at radius 1 is 1.29 bits per heavy atom. The largest absolute Gasteiger partial charge is 0.320 e. The molecule has 1 aromatic carbocycles. The lowest BCUT2D eigenvalue weighted by Crippen LogP contribution is -2.17. The molecule has 110 valence electrons. The molecule has 2 aromatic rings. The van der Waals surface area contributed by atoms with E-state index in [0.717, 1.165) is 16.4 Å². The fourth-order valence-electron chi connectivity index (χ4n) is 2.00. The van der Waals surface area contributed by atoms with Crippen LogP contribution in [0.4, 0.5) is 4.39 Å². The molecule has 0 saturated heterocycles. The third kappa shape index (κ3) is 4.83. The molecule has 0 aliphatic heterocycles. The molecule has 2 nitrogen and oxygen atoms in total. The number of nitrogens with zero attached hydrogens (tertiary/aromatic N) is 1. The molecule has 1 aromatic heterocycles. The van der Waals surface area contributed by atoms with Gasteiger partial charge in [-0.25, -0.2) is 4.39 Å². The van der Waals surface area contributed by atoms with E-state index in [9.17, 15) is 4.39 Å². The van der Waals surface area contributed by atoms with Crippen molar-refractivity contribution in [2.24, 2.45) is 5.73 Å². The number of hydrogen-bond acceptors (Lipinski definition) is 3. The van der Waals surface area contributed by atoms with Gasteiger partial charge in [-0.3, -0.25) is 4.90 Å². The van der Waals surface area contributed by atoms with E-state index in [1.54, 1.807) is 17.4 Å². The molecule has 0 unspecified atom stereocenters. The van der Waals surface area contributed by atoms with E-state index in [-0.39, 0.29) is 12.4 Å². The number of nitrogens with two attached hydrogens (primary N) is 1. The van der Waals surface area contributed by atoms with E-state index in [1.165, 1.54) is 17.0 Å². The summed E-state index contributed by atoms with van der Waals surface area (Å²) in [5.74, 6) is 5.42.